The summed E-state index contributed by atoms with van der Waals surface area (Å²) in [6.07, 6.45) is 3.97. The van der Waals surface area contributed by atoms with E-state index in [2.05, 4.69) is 9.72 Å². The van der Waals surface area contributed by atoms with E-state index in [1.165, 1.54) is 7.11 Å². The zero-order chi connectivity index (χ0) is 12.3. The molecule has 0 aliphatic rings. The van der Waals surface area contributed by atoms with Gasteiger partial charge >= 0.3 is 5.97 Å². The topological polar surface area (TPSA) is 46.8 Å². The molecule has 0 atom stereocenters. The number of imidazole rings is 1. The van der Waals surface area contributed by atoms with Crippen molar-refractivity contribution in [2.45, 2.75) is 13.5 Å². The maximum Gasteiger partial charge on any atom is 0.319 e. The second-order valence-electron chi connectivity index (χ2n) is 3.70. The molecule has 17 heavy (non-hydrogen) atoms. The Bertz CT molecular complexity index is 477. The first-order valence-corrected chi connectivity index (χ1v) is 6.31. The number of ether oxygens (including phenoxy) is 1. The van der Waals surface area contributed by atoms with E-state index in [-0.39, 0.29) is 5.97 Å². The van der Waals surface area contributed by atoms with Crippen molar-refractivity contribution in [2.24, 2.45) is 0 Å². The molecule has 0 fully saturated rings. The van der Waals surface area contributed by atoms with Crippen LogP contribution in [0.4, 0.5) is 0 Å². The van der Waals surface area contributed by atoms with Crippen LogP contribution in [-0.2, 0) is 16.1 Å². The van der Waals surface area contributed by atoms with Gasteiger partial charge in [-0.15, -0.1) is 11.3 Å². The number of hydrogen-bond acceptors (Lipinski definition) is 5. The Kier molecular flexibility index (Phi) is 3.75. The molecule has 5 nitrogen and oxygen atoms in total. The fourth-order valence-corrected chi connectivity index (χ4v) is 2.33. The van der Waals surface area contributed by atoms with Crippen LogP contribution in [-0.4, -0.2) is 40.5 Å². The fourth-order valence-electron chi connectivity index (χ4n) is 1.61. The minimum absolute atomic E-state index is 0.215. The zero-order valence-electron chi connectivity index (χ0n) is 9.92. The maximum atomic E-state index is 11.2. The third kappa shape index (κ3) is 2.83. The average molecular weight is 253 g/mol. The predicted molar refractivity (Wildman–Crippen MR) is 66.0 cm³/mol. The quantitative estimate of drug-likeness (QED) is 0.755. The molecule has 0 saturated heterocycles. The van der Waals surface area contributed by atoms with Gasteiger partial charge in [-0.1, -0.05) is 6.92 Å². The van der Waals surface area contributed by atoms with Gasteiger partial charge in [0, 0.05) is 24.3 Å². The zero-order valence-corrected chi connectivity index (χ0v) is 10.7. The number of carbonyl (C=O) groups excluding carboxylic acids is 1. The highest BCUT2D eigenvalue weighted by atomic mass is 32.1. The second kappa shape index (κ2) is 5.29. The van der Waals surface area contributed by atoms with E-state index in [1.807, 2.05) is 34.0 Å². The highest BCUT2D eigenvalue weighted by Gasteiger charge is 2.11. The number of likely N-dealkylation sites (N-methyl/N-ethyl adjacent to an activating group) is 1. The van der Waals surface area contributed by atoms with Gasteiger partial charge in [-0.25, -0.2) is 4.98 Å². The lowest BCUT2D eigenvalue weighted by Gasteiger charge is -2.17. The molecule has 92 valence electrons. The molecular formula is C11H15N3O2S. The van der Waals surface area contributed by atoms with Gasteiger partial charge in [0.2, 0.25) is 0 Å². The molecule has 0 aliphatic heterocycles. The molecular weight excluding hydrogens is 238 g/mol. The van der Waals surface area contributed by atoms with Crippen LogP contribution in [0, 0.1) is 0 Å². The van der Waals surface area contributed by atoms with Crippen molar-refractivity contribution in [3.05, 3.63) is 23.5 Å². The molecule has 0 radical (unpaired) electrons. The molecule has 2 aromatic rings. The van der Waals surface area contributed by atoms with Crippen LogP contribution in [0.3, 0.4) is 0 Å². The number of aromatic nitrogens is 2. The van der Waals surface area contributed by atoms with E-state index in [1.54, 1.807) is 11.3 Å². The molecule has 0 bridgehead atoms. The number of esters is 1. The minimum atomic E-state index is -0.215. The van der Waals surface area contributed by atoms with Crippen molar-refractivity contribution in [2.75, 3.05) is 20.2 Å². The molecule has 0 saturated carbocycles. The van der Waals surface area contributed by atoms with Crippen molar-refractivity contribution in [3.63, 3.8) is 0 Å². The lowest BCUT2D eigenvalue weighted by molar-refractivity contribution is -0.142. The van der Waals surface area contributed by atoms with Crippen LogP contribution in [0.25, 0.3) is 4.96 Å². The number of methoxy groups -OCH3 is 1. The summed E-state index contributed by atoms with van der Waals surface area (Å²) < 4.78 is 6.65. The van der Waals surface area contributed by atoms with Crippen molar-refractivity contribution < 1.29 is 9.53 Å². The lowest BCUT2D eigenvalue weighted by atomic mass is 10.4. The smallest absolute Gasteiger partial charge is 0.319 e. The molecule has 0 unspecified atom stereocenters. The molecule has 0 aromatic carbocycles. The molecule has 2 rings (SSSR count). The predicted octanol–water partition coefficient (Wildman–Crippen LogP) is 1.39. The van der Waals surface area contributed by atoms with Gasteiger partial charge in [0.05, 0.1) is 19.3 Å². The van der Waals surface area contributed by atoms with E-state index in [9.17, 15) is 4.79 Å². The van der Waals surface area contributed by atoms with Gasteiger partial charge in [0.1, 0.15) is 0 Å². The number of hydrogen-bond donors (Lipinski definition) is 0. The van der Waals surface area contributed by atoms with Gasteiger partial charge in [0.15, 0.2) is 4.96 Å². The number of rotatable bonds is 5. The largest absolute Gasteiger partial charge is 0.468 e. The van der Waals surface area contributed by atoms with E-state index in [4.69, 9.17) is 0 Å². The van der Waals surface area contributed by atoms with Gasteiger partial charge in [0.25, 0.3) is 0 Å². The Balaban J connectivity index is 2.03. The normalized spacial score (nSPS) is 11.2. The van der Waals surface area contributed by atoms with Crippen molar-refractivity contribution in [3.8, 4) is 0 Å². The number of nitrogens with zero attached hydrogens (tertiary/aromatic N) is 3. The Morgan fingerprint density at radius 3 is 3.12 bits per heavy atom. The van der Waals surface area contributed by atoms with Crippen molar-refractivity contribution in [1.82, 2.24) is 14.3 Å². The third-order valence-corrected chi connectivity index (χ3v) is 3.33. The number of carbonyl (C=O) groups is 1. The minimum Gasteiger partial charge on any atom is -0.468 e. The average Bonchev–Trinajstić information content (AvgIpc) is 2.88. The van der Waals surface area contributed by atoms with Gasteiger partial charge in [-0.2, -0.15) is 0 Å². The number of thiazole rings is 1. The van der Waals surface area contributed by atoms with E-state index in [0.29, 0.717) is 13.1 Å². The summed E-state index contributed by atoms with van der Waals surface area (Å²) in [7, 11) is 1.41. The van der Waals surface area contributed by atoms with Crippen molar-refractivity contribution >= 4 is 22.3 Å². The first-order valence-electron chi connectivity index (χ1n) is 5.43. The fraction of sp³-hybridized carbons (Fsp3) is 0.455. The summed E-state index contributed by atoms with van der Waals surface area (Å²) in [4.78, 5) is 18.7. The molecule has 2 heterocycles. The van der Waals surface area contributed by atoms with Crippen LogP contribution in [0.5, 0.6) is 0 Å². The second-order valence-corrected chi connectivity index (χ2v) is 4.58. The van der Waals surface area contributed by atoms with E-state index < -0.39 is 0 Å². The van der Waals surface area contributed by atoms with Crippen LogP contribution >= 0.6 is 11.3 Å². The van der Waals surface area contributed by atoms with Crippen LogP contribution in [0.15, 0.2) is 17.8 Å². The van der Waals surface area contributed by atoms with Crippen LogP contribution < -0.4 is 0 Å². The molecule has 6 heteroatoms. The summed E-state index contributed by atoms with van der Waals surface area (Å²) in [5, 5.41) is 2.00. The van der Waals surface area contributed by atoms with Crippen LogP contribution in [0.1, 0.15) is 12.6 Å². The highest BCUT2D eigenvalue weighted by Crippen LogP contribution is 2.12. The van der Waals surface area contributed by atoms with E-state index in [0.717, 1.165) is 17.2 Å². The summed E-state index contributed by atoms with van der Waals surface area (Å²) in [5.41, 5.74) is 0.975. The van der Waals surface area contributed by atoms with Crippen LogP contribution in [0.2, 0.25) is 0 Å². The highest BCUT2D eigenvalue weighted by molar-refractivity contribution is 7.15. The Morgan fingerprint density at radius 2 is 2.47 bits per heavy atom. The summed E-state index contributed by atoms with van der Waals surface area (Å²) >= 11 is 1.60. The van der Waals surface area contributed by atoms with Crippen molar-refractivity contribution in [1.29, 1.82) is 0 Å². The molecule has 0 amide bonds. The first-order chi connectivity index (χ1) is 8.22. The van der Waals surface area contributed by atoms with E-state index >= 15 is 0 Å². The van der Waals surface area contributed by atoms with Gasteiger partial charge in [-0.3, -0.25) is 14.1 Å². The SMILES string of the molecule is CCN(CC(=O)OC)Cc1cn2ccsc2n1. The van der Waals surface area contributed by atoms with Gasteiger partial charge < -0.3 is 4.74 Å². The molecule has 0 aliphatic carbocycles. The molecule has 0 spiro atoms. The Labute approximate surface area is 104 Å². The molecule has 2 aromatic heterocycles. The first kappa shape index (κ1) is 12.1. The van der Waals surface area contributed by atoms with Gasteiger partial charge in [-0.05, 0) is 6.54 Å². The summed E-state index contributed by atoms with van der Waals surface area (Å²) in [6.45, 7) is 3.78. The standard InChI is InChI=1S/C11H15N3O2S/c1-3-13(8-10(15)16-2)6-9-7-14-4-5-17-11(14)12-9/h4-5,7H,3,6,8H2,1-2H3. The summed E-state index contributed by atoms with van der Waals surface area (Å²) in [6, 6.07) is 0. The Morgan fingerprint density at radius 1 is 1.65 bits per heavy atom. The third-order valence-electron chi connectivity index (χ3n) is 2.56. The summed E-state index contributed by atoms with van der Waals surface area (Å²) in [5.74, 6) is -0.215. The monoisotopic (exact) mass is 253 g/mol. The maximum absolute atomic E-state index is 11.2. The number of fused-ring (bicyclic) bond motifs is 1. The lowest BCUT2D eigenvalue weighted by Crippen LogP contribution is -2.30. The Hall–Kier alpha value is -1.40. The molecule has 0 N–H and O–H groups in total.